The maximum Gasteiger partial charge on any atom is 0.324 e. The van der Waals surface area contributed by atoms with E-state index in [0.29, 0.717) is 6.54 Å². The van der Waals surface area contributed by atoms with E-state index in [9.17, 15) is 10.1 Å². The molecule has 0 aliphatic heterocycles. The van der Waals surface area contributed by atoms with Crippen molar-refractivity contribution >= 4 is 16.3 Å². The summed E-state index contributed by atoms with van der Waals surface area (Å²) in [5.41, 5.74) is 0.267. The minimum absolute atomic E-state index is 0.222. The molecule has 1 aromatic heterocycles. The van der Waals surface area contributed by atoms with Gasteiger partial charge in [0, 0.05) is 29.6 Å². The molecule has 2 rings (SSSR count). The zero-order valence-corrected chi connectivity index (χ0v) is 12.3. The molecule has 0 atom stereocenters. The van der Waals surface area contributed by atoms with E-state index in [4.69, 9.17) is 0 Å². The van der Waals surface area contributed by atoms with Gasteiger partial charge in [-0.25, -0.2) is 0 Å². The first kappa shape index (κ1) is 14.4. The normalized spacial score (nSPS) is 18.1. The molecule has 1 aromatic rings. The Balaban J connectivity index is 1.86. The van der Waals surface area contributed by atoms with Gasteiger partial charge in [0.15, 0.2) is 0 Å². The van der Waals surface area contributed by atoms with Crippen LogP contribution >= 0.6 is 11.3 Å². The van der Waals surface area contributed by atoms with Gasteiger partial charge in [-0.05, 0) is 33.0 Å². The maximum atomic E-state index is 10.6. The van der Waals surface area contributed by atoms with E-state index in [0.717, 1.165) is 11.4 Å². The van der Waals surface area contributed by atoms with Crippen LogP contribution < -0.4 is 5.32 Å². The molecular weight excluding hydrogens is 262 g/mol. The summed E-state index contributed by atoms with van der Waals surface area (Å²) >= 11 is 1.26. The molecule has 1 aliphatic rings. The molecule has 0 spiro atoms. The van der Waals surface area contributed by atoms with Gasteiger partial charge >= 0.3 is 5.00 Å². The zero-order valence-electron chi connectivity index (χ0n) is 11.5. The van der Waals surface area contributed by atoms with Crippen molar-refractivity contribution in [2.24, 2.45) is 0 Å². The smallest absolute Gasteiger partial charge is 0.310 e. The quantitative estimate of drug-likeness (QED) is 0.644. The third-order valence-corrected chi connectivity index (χ3v) is 5.10. The largest absolute Gasteiger partial charge is 0.324 e. The van der Waals surface area contributed by atoms with Crippen molar-refractivity contribution in [3.63, 3.8) is 0 Å². The molecule has 6 heteroatoms. The average molecular weight is 283 g/mol. The third kappa shape index (κ3) is 3.32. The van der Waals surface area contributed by atoms with Crippen molar-refractivity contribution in [2.75, 3.05) is 20.6 Å². The molecule has 5 nitrogen and oxygen atoms in total. The molecule has 19 heavy (non-hydrogen) atoms. The van der Waals surface area contributed by atoms with Gasteiger partial charge in [0.2, 0.25) is 0 Å². The number of likely N-dealkylation sites (N-methyl/N-ethyl adjacent to an activating group) is 1. The fourth-order valence-corrected chi connectivity index (χ4v) is 3.58. The van der Waals surface area contributed by atoms with Gasteiger partial charge in [0.05, 0.1) is 4.92 Å². The number of nitrogens with one attached hydrogen (secondary N) is 1. The highest BCUT2D eigenvalue weighted by atomic mass is 32.1. The van der Waals surface area contributed by atoms with Crippen LogP contribution in [0.25, 0.3) is 0 Å². The second-order valence-electron chi connectivity index (χ2n) is 5.43. The van der Waals surface area contributed by atoms with Gasteiger partial charge in [-0.1, -0.05) is 24.2 Å². The molecule has 0 amide bonds. The SMILES string of the molecule is CN(C)C1(CNCc2ccc([N+](=O)[O-])s2)CCCC1. The maximum absolute atomic E-state index is 10.6. The van der Waals surface area contributed by atoms with Crippen molar-refractivity contribution in [3.05, 3.63) is 27.1 Å². The minimum Gasteiger partial charge on any atom is -0.310 e. The number of rotatable bonds is 6. The summed E-state index contributed by atoms with van der Waals surface area (Å²) in [5.74, 6) is 0. The van der Waals surface area contributed by atoms with Crippen LogP contribution in [0.1, 0.15) is 30.6 Å². The average Bonchev–Trinajstić information content (AvgIpc) is 2.98. The van der Waals surface area contributed by atoms with Crippen LogP contribution in [-0.2, 0) is 6.54 Å². The molecule has 0 bridgehead atoms. The van der Waals surface area contributed by atoms with E-state index >= 15 is 0 Å². The number of thiophene rings is 1. The molecule has 1 N–H and O–H groups in total. The van der Waals surface area contributed by atoms with E-state index in [2.05, 4.69) is 24.3 Å². The monoisotopic (exact) mass is 283 g/mol. The summed E-state index contributed by atoms with van der Waals surface area (Å²) in [6.45, 7) is 1.67. The first-order valence-corrected chi connectivity index (χ1v) is 7.46. The number of nitro groups is 1. The molecular formula is C13H21N3O2S. The van der Waals surface area contributed by atoms with Gasteiger partial charge < -0.3 is 10.2 Å². The summed E-state index contributed by atoms with van der Waals surface area (Å²) in [7, 11) is 4.28. The van der Waals surface area contributed by atoms with Crippen LogP contribution in [0.4, 0.5) is 5.00 Å². The highest BCUT2D eigenvalue weighted by Gasteiger charge is 2.35. The van der Waals surface area contributed by atoms with E-state index in [-0.39, 0.29) is 15.5 Å². The highest BCUT2D eigenvalue weighted by molar-refractivity contribution is 7.15. The molecule has 1 saturated carbocycles. The molecule has 106 valence electrons. The zero-order chi connectivity index (χ0) is 13.9. The molecule has 0 radical (unpaired) electrons. The first-order valence-electron chi connectivity index (χ1n) is 6.65. The summed E-state index contributed by atoms with van der Waals surface area (Å²) in [6, 6.07) is 3.42. The second-order valence-corrected chi connectivity index (χ2v) is 6.57. The lowest BCUT2D eigenvalue weighted by Gasteiger charge is -2.36. The molecule has 1 heterocycles. The minimum atomic E-state index is -0.327. The Morgan fingerprint density at radius 3 is 2.63 bits per heavy atom. The molecule has 0 unspecified atom stereocenters. The van der Waals surface area contributed by atoms with Gasteiger partial charge in [-0.2, -0.15) is 0 Å². The number of hydrogen-bond donors (Lipinski definition) is 1. The number of nitrogens with zero attached hydrogens (tertiary/aromatic N) is 2. The van der Waals surface area contributed by atoms with Crippen LogP contribution in [0.15, 0.2) is 12.1 Å². The van der Waals surface area contributed by atoms with Crippen LogP contribution in [0.3, 0.4) is 0 Å². The second kappa shape index (κ2) is 5.98. The molecule has 1 aliphatic carbocycles. The lowest BCUT2D eigenvalue weighted by atomic mass is 9.96. The Hall–Kier alpha value is -0.980. The van der Waals surface area contributed by atoms with Crippen molar-refractivity contribution in [1.29, 1.82) is 0 Å². The lowest BCUT2D eigenvalue weighted by molar-refractivity contribution is -0.380. The Bertz CT molecular complexity index is 439. The van der Waals surface area contributed by atoms with E-state index in [1.807, 2.05) is 6.07 Å². The summed E-state index contributed by atoms with van der Waals surface area (Å²) in [6.07, 6.45) is 5.06. The van der Waals surface area contributed by atoms with Gasteiger partial charge in [-0.15, -0.1) is 0 Å². The Morgan fingerprint density at radius 2 is 2.11 bits per heavy atom. The topological polar surface area (TPSA) is 58.4 Å². The van der Waals surface area contributed by atoms with E-state index in [1.165, 1.54) is 37.0 Å². The Morgan fingerprint density at radius 1 is 1.42 bits per heavy atom. The number of hydrogen-bond acceptors (Lipinski definition) is 5. The molecule has 0 saturated heterocycles. The predicted molar refractivity (Wildman–Crippen MR) is 77.6 cm³/mol. The fraction of sp³-hybridized carbons (Fsp3) is 0.692. The highest BCUT2D eigenvalue weighted by Crippen LogP contribution is 2.33. The van der Waals surface area contributed by atoms with Crippen molar-refractivity contribution in [3.8, 4) is 0 Å². The molecule has 0 aromatic carbocycles. The Kier molecular flexibility index (Phi) is 4.54. The summed E-state index contributed by atoms with van der Waals surface area (Å²) in [4.78, 5) is 13.6. The van der Waals surface area contributed by atoms with Gasteiger partial charge in [0.1, 0.15) is 0 Å². The first-order chi connectivity index (χ1) is 9.03. The lowest BCUT2D eigenvalue weighted by Crippen LogP contribution is -2.49. The van der Waals surface area contributed by atoms with Crippen molar-refractivity contribution < 1.29 is 4.92 Å². The summed E-state index contributed by atoms with van der Waals surface area (Å²) < 4.78 is 0. The van der Waals surface area contributed by atoms with Crippen LogP contribution in [0.2, 0.25) is 0 Å². The van der Waals surface area contributed by atoms with Crippen LogP contribution in [-0.4, -0.2) is 36.0 Å². The van der Waals surface area contributed by atoms with Crippen molar-refractivity contribution in [1.82, 2.24) is 10.2 Å². The van der Waals surface area contributed by atoms with Crippen LogP contribution in [0.5, 0.6) is 0 Å². The van der Waals surface area contributed by atoms with Gasteiger partial charge in [0.25, 0.3) is 0 Å². The van der Waals surface area contributed by atoms with Gasteiger partial charge in [-0.3, -0.25) is 10.1 Å². The molecule has 1 fully saturated rings. The fourth-order valence-electron chi connectivity index (χ4n) is 2.79. The van der Waals surface area contributed by atoms with E-state index < -0.39 is 0 Å². The van der Waals surface area contributed by atoms with Crippen molar-refractivity contribution in [2.45, 2.75) is 37.8 Å². The summed E-state index contributed by atoms with van der Waals surface area (Å²) in [5, 5.41) is 14.3. The van der Waals surface area contributed by atoms with E-state index in [1.54, 1.807) is 6.07 Å². The Labute approximate surface area is 117 Å². The predicted octanol–water partition coefficient (Wildman–Crippen LogP) is 2.62. The standard InChI is InChI=1S/C13H21N3O2S/c1-15(2)13(7-3-4-8-13)10-14-9-11-5-6-12(19-11)16(17)18/h5-6,14H,3-4,7-10H2,1-2H3. The van der Waals surface area contributed by atoms with Crippen LogP contribution in [0, 0.1) is 10.1 Å². The third-order valence-electron chi connectivity index (χ3n) is 4.06.